The van der Waals surface area contributed by atoms with Gasteiger partial charge in [-0.3, -0.25) is 9.59 Å². The second kappa shape index (κ2) is 7.22. The van der Waals surface area contributed by atoms with Crippen molar-refractivity contribution >= 4 is 39.1 Å². The highest BCUT2D eigenvalue weighted by molar-refractivity contribution is 9.10. The monoisotopic (exact) mass is 359 g/mol. The highest BCUT2D eigenvalue weighted by Crippen LogP contribution is 2.26. The first-order valence-electron chi connectivity index (χ1n) is 6.86. The van der Waals surface area contributed by atoms with Gasteiger partial charge in [-0.25, -0.2) is 0 Å². The Labute approximate surface area is 130 Å². The van der Waals surface area contributed by atoms with Crippen LogP contribution in [0.2, 0.25) is 0 Å². The predicted octanol–water partition coefficient (Wildman–Crippen LogP) is 3.66. The molecular weight excluding hydrogens is 342 g/mol. The largest absolute Gasteiger partial charge is 0.481 e. The van der Waals surface area contributed by atoms with Crippen LogP contribution < -0.4 is 5.32 Å². The Morgan fingerprint density at radius 2 is 1.95 bits per heavy atom. The van der Waals surface area contributed by atoms with E-state index in [1.165, 1.54) is 11.3 Å². The second-order valence-corrected chi connectivity index (χ2v) is 6.88. The first-order chi connectivity index (χ1) is 9.59. The Kier molecular flexibility index (Phi) is 5.60. The summed E-state index contributed by atoms with van der Waals surface area (Å²) in [5.74, 6) is -1.45. The maximum Gasteiger partial charge on any atom is 0.308 e. The fourth-order valence-corrected chi connectivity index (χ4v) is 4.10. The summed E-state index contributed by atoms with van der Waals surface area (Å²) < 4.78 is 0.762. The lowest BCUT2D eigenvalue weighted by Crippen LogP contribution is -2.43. The zero-order valence-electron chi connectivity index (χ0n) is 11.1. The van der Waals surface area contributed by atoms with E-state index in [0.29, 0.717) is 11.3 Å². The lowest BCUT2D eigenvalue weighted by Gasteiger charge is -2.27. The van der Waals surface area contributed by atoms with Gasteiger partial charge in [0, 0.05) is 10.5 Å². The highest BCUT2D eigenvalue weighted by atomic mass is 79.9. The van der Waals surface area contributed by atoms with Gasteiger partial charge in [0.2, 0.25) is 0 Å². The van der Waals surface area contributed by atoms with E-state index in [1.807, 2.05) is 11.4 Å². The molecule has 0 aliphatic heterocycles. The standard InChI is InChI=1S/C14H18BrNO3S/c15-10-7-8-20-12(10)13(17)16-11-6-4-2-1-3-5-9(11)14(18)19/h7-9,11H,1-6H2,(H,16,17)(H,18,19). The maximum atomic E-state index is 12.2. The number of carboxylic acids is 1. The molecule has 2 rings (SSSR count). The number of hydrogen-bond donors (Lipinski definition) is 2. The zero-order valence-corrected chi connectivity index (χ0v) is 13.5. The van der Waals surface area contributed by atoms with Crippen LogP contribution in [0.15, 0.2) is 15.9 Å². The van der Waals surface area contributed by atoms with Crippen LogP contribution in [-0.4, -0.2) is 23.0 Å². The third-order valence-electron chi connectivity index (χ3n) is 3.72. The molecule has 4 nitrogen and oxygen atoms in total. The molecular formula is C14H18BrNO3S. The minimum absolute atomic E-state index is 0.177. The molecule has 6 heteroatoms. The van der Waals surface area contributed by atoms with E-state index in [2.05, 4.69) is 21.2 Å². The van der Waals surface area contributed by atoms with Gasteiger partial charge >= 0.3 is 5.97 Å². The van der Waals surface area contributed by atoms with E-state index in [-0.39, 0.29) is 11.9 Å². The predicted molar refractivity (Wildman–Crippen MR) is 82.1 cm³/mol. The molecule has 1 saturated carbocycles. The molecule has 0 bridgehead atoms. The number of rotatable bonds is 3. The Morgan fingerprint density at radius 1 is 1.25 bits per heavy atom. The molecule has 1 amide bonds. The van der Waals surface area contributed by atoms with Gasteiger partial charge in [0.25, 0.3) is 5.91 Å². The molecule has 2 unspecified atom stereocenters. The smallest absolute Gasteiger partial charge is 0.308 e. The van der Waals surface area contributed by atoms with E-state index in [0.717, 1.165) is 36.6 Å². The number of thiophene rings is 1. The van der Waals surface area contributed by atoms with Gasteiger partial charge in [-0.05, 0) is 40.2 Å². The summed E-state index contributed by atoms with van der Waals surface area (Å²) >= 11 is 4.70. The summed E-state index contributed by atoms with van der Waals surface area (Å²) in [4.78, 5) is 24.3. The van der Waals surface area contributed by atoms with Crippen LogP contribution in [0.25, 0.3) is 0 Å². The molecule has 1 aromatic heterocycles. The van der Waals surface area contributed by atoms with Crippen LogP contribution in [0, 0.1) is 5.92 Å². The van der Waals surface area contributed by atoms with Crippen LogP contribution in [0.4, 0.5) is 0 Å². The van der Waals surface area contributed by atoms with Crippen molar-refractivity contribution in [1.29, 1.82) is 0 Å². The molecule has 2 N–H and O–H groups in total. The number of halogens is 1. The molecule has 1 aliphatic rings. The van der Waals surface area contributed by atoms with Crippen molar-refractivity contribution < 1.29 is 14.7 Å². The first kappa shape index (κ1) is 15.5. The minimum Gasteiger partial charge on any atom is -0.481 e. The molecule has 0 aromatic carbocycles. The number of amides is 1. The molecule has 1 aromatic rings. The Hall–Kier alpha value is -0.880. The summed E-state index contributed by atoms with van der Waals surface area (Å²) in [6, 6.07) is 1.56. The van der Waals surface area contributed by atoms with Gasteiger partial charge < -0.3 is 10.4 Å². The number of carbonyl (C=O) groups excluding carboxylic acids is 1. The van der Waals surface area contributed by atoms with Gasteiger partial charge in [-0.15, -0.1) is 11.3 Å². The molecule has 1 heterocycles. The van der Waals surface area contributed by atoms with E-state index in [4.69, 9.17) is 0 Å². The van der Waals surface area contributed by atoms with Crippen molar-refractivity contribution in [2.45, 2.75) is 44.6 Å². The third kappa shape index (κ3) is 3.82. The topological polar surface area (TPSA) is 66.4 Å². The van der Waals surface area contributed by atoms with Crippen molar-refractivity contribution in [1.82, 2.24) is 5.32 Å². The van der Waals surface area contributed by atoms with E-state index < -0.39 is 11.9 Å². The van der Waals surface area contributed by atoms with Gasteiger partial charge in [0.15, 0.2) is 0 Å². The second-order valence-electron chi connectivity index (χ2n) is 5.11. The average molecular weight is 360 g/mol. The van der Waals surface area contributed by atoms with Crippen LogP contribution in [0.3, 0.4) is 0 Å². The van der Waals surface area contributed by atoms with Gasteiger partial charge in [0.05, 0.1) is 5.92 Å². The molecule has 110 valence electrons. The number of aliphatic carboxylic acids is 1. The van der Waals surface area contributed by atoms with E-state index >= 15 is 0 Å². The number of carboxylic acid groups (broad SMARTS) is 1. The van der Waals surface area contributed by atoms with E-state index in [9.17, 15) is 14.7 Å². The minimum atomic E-state index is -0.803. The summed E-state index contributed by atoms with van der Waals surface area (Å²) in [7, 11) is 0. The van der Waals surface area contributed by atoms with Gasteiger partial charge in [-0.2, -0.15) is 0 Å². The van der Waals surface area contributed by atoms with Crippen molar-refractivity contribution in [2.75, 3.05) is 0 Å². The Balaban J connectivity index is 2.08. The number of nitrogens with one attached hydrogen (secondary N) is 1. The van der Waals surface area contributed by atoms with Crippen molar-refractivity contribution in [3.63, 3.8) is 0 Å². The molecule has 0 spiro atoms. The average Bonchev–Trinajstić information content (AvgIpc) is 2.78. The fraction of sp³-hybridized carbons (Fsp3) is 0.571. The van der Waals surface area contributed by atoms with Gasteiger partial charge in [-0.1, -0.05) is 25.7 Å². The molecule has 2 atom stereocenters. The fourth-order valence-electron chi connectivity index (χ4n) is 2.64. The normalized spacial score (nSPS) is 23.6. The zero-order chi connectivity index (χ0) is 14.5. The highest BCUT2D eigenvalue weighted by Gasteiger charge is 2.30. The molecule has 20 heavy (non-hydrogen) atoms. The lowest BCUT2D eigenvalue weighted by atomic mass is 9.87. The van der Waals surface area contributed by atoms with Crippen LogP contribution in [0.5, 0.6) is 0 Å². The Bertz CT molecular complexity index is 489. The number of hydrogen-bond acceptors (Lipinski definition) is 3. The number of carbonyl (C=O) groups is 2. The summed E-state index contributed by atoms with van der Waals surface area (Å²) in [6.45, 7) is 0. The lowest BCUT2D eigenvalue weighted by molar-refractivity contribution is -0.143. The summed E-state index contributed by atoms with van der Waals surface area (Å²) in [6.07, 6.45) is 5.48. The maximum absolute atomic E-state index is 12.2. The van der Waals surface area contributed by atoms with E-state index in [1.54, 1.807) is 0 Å². The summed E-state index contributed by atoms with van der Waals surface area (Å²) in [5, 5.41) is 14.1. The van der Waals surface area contributed by atoms with Crippen LogP contribution in [0.1, 0.15) is 48.2 Å². The molecule has 0 radical (unpaired) electrons. The van der Waals surface area contributed by atoms with Crippen molar-refractivity contribution in [3.8, 4) is 0 Å². The third-order valence-corrected chi connectivity index (χ3v) is 5.56. The van der Waals surface area contributed by atoms with Crippen molar-refractivity contribution in [3.05, 3.63) is 20.8 Å². The van der Waals surface area contributed by atoms with Gasteiger partial charge in [0.1, 0.15) is 4.88 Å². The SMILES string of the molecule is O=C(NC1CCCCCCC1C(=O)O)c1sccc1Br. The van der Waals surface area contributed by atoms with Crippen LogP contribution >= 0.6 is 27.3 Å². The molecule has 1 aliphatic carbocycles. The molecule has 0 saturated heterocycles. The quantitative estimate of drug-likeness (QED) is 0.865. The Morgan fingerprint density at radius 3 is 2.55 bits per heavy atom. The van der Waals surface area contributed by atoms with Crippen molar-refractivity contribution in [2.24, 2.45) is 5.92 Å². The summed E-state index contributed by atoms with van der Waals surface area (Å²) in [5.41, 5.74) is 0. The first-order valence-corrected chi connectivity index (χ1v) is 8.53. The van der Waals surface area contributed by atoms with Crippen LogP contribution in [-0.2, 0) is 4.79 Å². The molecule has 1 fully saturated rings.